The maximum Gasteiger partial charge on any atom is 0.265 e. The van der Waals surface area contributed by atoms with Gasteiger partial charge in [-0.1, -0.05) is 12.1 Å². The van der Waals surface area contributed by atoms with Crippen molar-refractivity contribution in [1.29, 1.82) is 0 Å². The molecule has 1 heterocycles. The van der Waals surface area contributed by atoms with Gasteiger partial charge in [0.05, 0.1) is 10.1 Å². The number of hydrogen-bond donors (Lipinski definition) is 2. The van der Waals surface area contributed by atoms with Crippen LogP contribution in [0.5, 0.6) is 0 Å². The van der Waals surface area contributed by atoms with Gasteiger partial charge in [-0.15, -0.1) is 23.1 Å². The third-order valence-electron chi connectivity index (χ3n) is 4.03. The molecule has 6 heteroatoms. The van der Waals surface area contributed by atoms with E-state index in [0.717, 1.165) is 27.4 Å². The van der Waals surface area contributed by atoms with Crippen molar-refractivity contribution in [2.75, 3.05) is 10.6 Å². The van der Waals surface area contributed by atoms with Gasteiger partial charge in [-0.05, 0) is 79.7 Å². The Labute approximate surface area is 173 Å². The molecule has 144 valence electrons. The minimum absolute atomic E-state index is 0.0370. The van der Waals surface area contributed by atoms with Gasteiger partial charge in [-0.25, -0.2) is 0 Å². The van der Waals surface area contributed by atoms with Crippen molar-refractivity contribution in [3.05, 3.63) is 76.0 Å². The Balaban J connectivity index is 1.57. The zero-order valence-corrected chi connectivity index (χ0v) is 17.6. The fraction of sp³-hybridized carbons (Fsp3) is 0.182. The average Bonchev–Trinajstić information content (AvgIpc) is 3.17. The number of anilines is 2. The number of thiophene rings is 1. The Morgan fingerprint density at radius 3 is 2.21 bits per heavy atom. The lowest BCUT2D eigenvalue weighted by Crippen LogP contribution is -2.22. The maximum atomic E-state index is 12.5. The van der Waals surface area contributed by atoms with Crippen LogP contribution in [0, 0.1) is 13.8 Å². The third-order valence-corrected chi connectivity index (χ3v) is 6.01. The molecule has 0 spiro atoms. The second-order valence-electron chi connectivity index (χ2n) is 6.58. The summed E-state index contributed by atoms with van der Waals surface area (Å²) >= 11 is 2.89. The lowest BCUT2D eigenvalue weighted by Gasteiger charge is -2.13. The molecule has 0 fully saturated rings. The Kier molecular flexibility index (Phi) is 6.54. The largest absolute Gasteiger partial charge is 0.325 e. The first-order chi connectivity index (χ1) is 13.4. The van der Waals surface area contributed by atoms with Crippen LogP contribution in [0.4, 0.5) is 11.4 Å². The first kappa shape index (κ1) is 20.2. The van der Waals surface area contributed by atoms with Gasteiger partial charge in [0.2, 0.25) is 5.91 Å². The fourth-order valence-electron chi connectivity index (χ4n) is 2.77. The predicted octanol–water partition coefficient (Wildman–Crippen LogP) is 5.74. The molecule has 0 radical (unpaired) electrons. The quantitative estimate of drug-likeness (QED) is 0.510. The lowest BCUT2D eigenvalue weighted by molar-refractivity contribution is -0.115. The zero-order chi connectivity index (χ0) is 20.1. The van der Waals surface area contributed by atoms with Gasteiger partial charge in [0.1, 0.15) is 0 Å². The number of nitrogens with one attached hydrogen (secondary N) is 2. The van der Waals surface area contributed by atoms with E-state index in [4.69, 9.17) is 0 Å². The van der Waals surface area contributed by atoms with Crippen molar-refractivity contribution in [1.82, 2.24) is 0 Å². The number of hydrogen-bond acceptors (Lipinski definition) is 4. The van der Waals surface area contributed by atoms with Crippen LogP contribution in [0.2, 0.25) is 0 Å². The monoisotopic (exact) mass is 410 g/mol. The third kappa shape index (κ3) is 5.47. The van der Waals surface area contributed by atoms with Crippen molar-refractivity contribution in [2.24, 2.45) is 0 Å². The summed E-state index contributed by atoms with van der Waals surface area (Å²) < 4.78 is 0. The number of benzene rings is 2. The molecule has 2 amide bonds. The van der Waals surface area contributed by atoms with Crippen molar-refractivity contribution in [3.8, 4) is 0 Å². The molecule has 0 saturated carbocycles. The molecule has 0 aliphatic rings. The predicted molar refractivity (Wildman–Crippen MR) is 119 cm³/mol. The molecular formula is C22H22N2O2S2. The van der Waals surface area contributed by atoms with E-state index >= 15 is 0 Å². The molecule has 0 bridgehead atoms. The Bertz CT molecular complexity index is 946. The van der Waals surface area contributed by atoms with Crippen LogP contribution in [-0.4, -0.2) is 17.1 Å². The van der Waals surface area contributed by atoms with Gasteiger partial charge < -0.3 is 10.6 Å². The van der Waals surface area contributed by atoms with Crippen LogP contribution in [0.25, 0.3) is 0 Å². The van der Waals surface area contributed by atoms with E-state index in [9.17, 15) is 9.59 Å². The normalized spacial score (nSPS) is 11.7. The molecule has 2 aromatic carbocycles. The van der Waals surface area contributed by atoms with Crippen LogP contribution < -0.4 is 10.6 Å². The van der Waals surface area contributed by atoms with Gasteiger partial charge in [0, 0.05) is 16.3 Å². The molecule has 2 N–H and O–H groups in total. The summed E-state index contributed by atoms with van der Waals surface area (Å²) in [5, 5.41) is 7.49. The molecule has 1 unspecified atom stereocenters. The summed E-state index contributed by atoms with van der Waals surface area (Å²) in [5.41, 5.74) is 3.79. The highest BCUT2D eigenvalue weighted by Crippen LogP contribution is 2.26. The minimum atomic E-state index is -0.243. The van der Waals surface area contributed by atoms with Crippen molar-refractivity contribution < 1.29 is 9.59 Å². The second-order valence-corrected chi connectivity index (χ2v) is 8.94. The van der Waals surface area contributed by atoms with Crippen molar-refractivity contribution >= 4 is 46.3 Å². The number of amides is 2. The molecular weight excluding hydrogens is 388 g/mol. The van der Waals surface area contributed by atoms with Crippen LogP contribution in [0.1, 0.15) is 27.7 Å². The number of carbonyl (C=O) groups is 2. The lowest BCUT2D eigenvalue weighted by atomic mass is 10.1. The summed E-state index contributed by atoms with van der Waals surface area (Å²) in [6.45, 7) is 5.91. The molecule has 4 nitrogen and oxygen atoms in total. The highest BCUT2D eigenvalue weighted by Gasteiger charge is 2.15. The highest BCUT2D eigenvalue weighted by molar-refractivity contribution is 8.00. The first-order valence-corrected chi connectivity index (χ1v) is 10.7. The van der Waals surface area contributed by atoms with Crippen LogP contribution in [-0.2, 0) is 4.79 Å². The summed E-state index contributed by atoms with van der Waals surface area (Å²) in [5.74, 6) is -0.151. The molecule has 0 aliphatic carbocycles. The SMILES string of the molecule is Cc1cc(C)cc(NC(=O)C(C)Sc2ccc(NC(=O)c3cccs3)cc2)c1. The van der Waals surface area contributed by atoms with E-state index in [2.05, 4.69) is 16.7 Å². The second kappa shape index (κ2) is 9.08. The number of thioether (sulfide) groups is 1. The number of aryl methyl sites for hydroxylation is 2. The summed E-state index contributed by atoms with van der Waals surface area (Å²) in [6.07, 6.45) is 0. The van der Waals surface area contributed by atoms with E-state index in [1.807, 2.05) is 68.6 Å². The fourth-order valence-corrected chi connectivity index (χ4v) is 4.25. The average molecular weight is 411 g/mol. The Morgan fingerprint density at radius 2 is 1.61 bits per heavy atom. The van der Waals surface area contributed by atoms with Gasteiger partial charge >= 0.3 is 0 Å². The zero-order valence-electron chi connectivity index (χ0n) is 16.0. The smallest absolute Gasteiger partial charge is 0.265 e. The summed E-state index contributed by atoms with van der Waals surface area (Å²) in [6, 6.07) is 17.2. The van der Waals surface area contributed by atoms with Gasteiger partial charge in [0.25, 0.3) is 5.91 Å². The Morgan fingerprint density at radius 1 is 0.929 bits per heavy atom. The molecule has 3 rings (SSSR count). The van der Waals surface area contributed by atoms with E-state index in [0.29, 0.717) is 4.88 Å². The molecule has 28 heavy (non-hydrogen) atoms. The van der Waals surface area contributed by atoms with Crippen LogP contribution >= 0.6 is 23.1 Å². The number of rotatable bonds is 6. The highest BCUT2D eigenvalue weighted by atomic mass is 32.2. The minimum Gasteiger partial charge on any atom is -0.325 e. The summed E-state index contributed by atoms with van der Waals surface area (Å²) in [7, 11) is 0. The molecule has 0 saturated heterocycles. The van der Waals surface area contributed by atoms with E-state index < -0.39 is 0 Å². The van der Waals surface area contributed by atoms with Gasteiger partial charge in [0.15, 0.2) is 0 Å². The van der Waals surface area contributed by atoms with Gasteiger partial charge in [-0.3, -0.25) is 9.59 Å². The standard InChI is InChI=1S/C22H22N2O2S2/c1-14-11-15(2)13-18(12-14)24-21(25)16(3)28-19-8-6-17(7-9-19)23-22(26)20-5-4-10-27-20/h4-13,16H,1-3H3,(H,23,26)(H,24,25). The van der Waals surface area contributed by atoms with Crippen molar-refractivity contribution in [3.63, 3.8) is 0 Å². The van der Waals surface area contributed by atoms with E-state index in [1.54, 1.807) is 6.07 Å². The summed E-state index contributed by atoms with van der Waals surface area (Å²) in [4.78, 5) is 26.2. The number of carbonyl (C=O) groups excluding carboxylic acids is 2. The maximum absolute atomic E-state index is 12.5. The van der Waals surface area contributed by atoms with Crippen LogP contribution in [0.3, 0.4) is 0 Å². The van der Waals surface area contributed by atoms with E-state index in [-0.39, 0.29) is 17.1 Å². The van der Waals surface area contributed by atoms with Crippen molar-refractivity contribution in [2.45, 2.75) is 30.9 Å². The van der Waals surface area contributed by atoms with E-state index in [1.165, 1.54) is 23.1 Å². The molecule has 1 atom stereocenters. The molecule has 0 aliphatic heterocycles. The van der Waals surface area contributed by atoms with Crippen LogP contribution in [0.15, 0.2) is 64.9 Å². The topological polar surface area (TPSA) is 58.2 Å². The Hall–Kier alpha value is -2.57. The molecule has 1 aromatic heterocycles. The first-order valence-electron chi connectivity index (χ1n) is 8.91. The van der Waals surface area contributed by atoms with Gasteiger partial charge in [-0.2, -0.15) is 0 Å². The molecule has 3 aromatic rings.